The number of nitrogens with zero attached hydrogens (tertiary/aromatic N) is 4. The van der Waals surface area contributed by atoms with Crippen molar-refractivity contribution in [2.45, 2.75) is 109 Å². The van der Waals surface area contributed by atoms with Crippen molar-refractivity contribution < 1.29 is 0 Å². The summed E-state index contributed by atoms with van der Waals surface area (Å²) < 4.78 is 0. The smallest absolute Gasteiger partial charge is 0.149 e. The Bertz CT molecular complexity index is 639. The molecule has 2 aliphatic rings. The lowest BCUT2D eigenvalue weighted by Crippen LogP contribution is -2.33. The molecule has 5 nitrogen and oxygen atoms in total. The van der Waals surface area contributed by atoms with Crippen LogP contribution in [0.4, 0.5) is 5.82 Å². The number of fused-ring (bicyclic) bond motifs is 1. The van der Waals surface area contributed by atoms with Crippen molar-refractivity contribution in [1.29, 1.82) is 0 Å². The minimum Gasteiger partial charge on any atom is -0.356 e. The van der Waals surface area contributed by atoms with Crippen molar-refractivity contribution in [3.05, 3.63) is 17.1 Å². The largest absolute Gasteiger partial charge is 0.356 e. The second kappa shape index (κ2) is 13.4. The zero-order valence-electron chi connectivity index (χ0n) is 20.4. The Balaban J connectivity index is 1.57. The number of aromatic nitrogens is 2. The average Bonchev–Trinajstić information content (AvgIpc) is 3.07. The molecule has 176 valence electrons. The van der Waals surface area contributed by atoms with E-state index in [9.17, 15) is 0 Å². The van der Waals surface area contributed by atoms with Gasteiger partial charge in [-0.1, -0.05) is 58.3 Å². The molecule has 0 spiro atoms. The molecule has 1 unspecified atom stereocenters. The van der Waals surface area contributed by atoms with Crippen molar-refractivity contribution in [2.75, 3.05) is 38.1 Å². The van der Waals surface area contributed by atoms with Crippen LogP contribution in [0, 0.1) is 0 Å². The van der Waals surface area contributed by atoms with Gasteiger partial charge in [-0.15, -0.1) is 0 Å². The fourth-order valence-corrected chi connectivity index (χ4v) is 5.15. The molecule has 0 radical (unpaired) electrons. The van der Waals surface area contributed by atoms with Gasteiger partial charge in [-0.3, -0.25) is 0 Å². The highest BCUT2D eigenvalue weighted by molar-refractivity contribution is 5.50. The van der Waals surface area contributed by atoms with Gasteiger partial charge in [0.1, 0.15) is 11.6 Å². The summed E-state index contributed by atoms with van der Waals surface area (Å²) in [4.78, 5) is 15.0. The number of hydrogen-bond acceptors (Lipinski definition) is 5. The Hall–Kier alpha value is -1.20. The van der Waals surface area contributed by atoms with Crippen LogP contribution in [0.3, 0.4) is 0 Å². The van der Waals surface area contributed by atoms with Crippen LogP contribution in [0.15, 0.2) is 0 Å². The van der Waals surface area contributed by atoms with Crippen LogP contribution in [0.2, 0.25) is 0 Å². The third kappa shape index (κ3) is 7.71. The van der Waals surface area contributed by atoms with E-state index in [1.165, 1.54) is 101 Å². The SMILES string of the molecule is CCCCCCCCCN(C)CC(N)c1nc2c(c(N3CCCCCC3)n1)CCCC2. The maximum absolute atomic E-state index is 6.66. The van der Waals surface area contributed by atoms with Gasteiger partial charge in [-0.25, -0.2) is 9.97 Å². The lowest BCUT2D eigenvalue weighted by molar-refractivity contribution is 0.299. The third-order valence-corrected chi connectivity index (χ3v) is 7.07. The predicted molar refractivity (Wildman–Crippen MR) is 132 cm³/mol. The molecule has 0 bridgehead atoms. The normalized spacial score (nSPS) is 18.1. The molecule has 0 aromatic carbocycles. The van der Waals surface area contributed by atoms with Crippen LogP contribution < -0.4 is 10.6 Å². The van der Waals surface area contributed by atoms with Crippen LogP contribution in [0.25, 0.3) is 0 Å². The molecule has 0 saturated carbocycles. The number of likely N-dealkylation sites (N-methyl/N-ethyl adjacent to an activating group) is 1. The van der Waals surface area contributed by atoms with E-state index in [0.29, 0.717) is 0 Å². The van der Waals surface area contributed by atoms with Crippen LogP contribution in [-0.4, -0.2) is 48.1 Å². The molecule has 1 aromatic rings. The van der Waals surface area contributed by atoms with Gasteiger partial charge in [0.2, 0.25) is 0 Å². The first kappa shape index (κ1) is 24.4. The Kier molecular flexibility index (Phi) is 10.5. The molecule has 5 heteroatoms. The Morgan fingerprint density at radius 1 is 0.871 bits per heavy atom. The van der Waals surface area contributed by atoms with Crippen LogP contribution in [-0.2, 0) is 12.8 Å². The molecule has 1 atom stereocenters. The first-order valence-corrected chi connectivity index (χ1v) is 13.3. The van der Waals surface area contributed by atoms with E-state index in [1.807, 2.05) is 0 Å². The van der Waals surface area contributed by atoms with E-state index >= 15 is 0 Å². The lowest BCUT2D eigenvalue weighted by atomic mass is 9.95. The van der Waals surface area contributed by atoms with Gasteiger partial charge in [0.25, 0.3) is 0 Å². The Morgan fingerprint density at radius 2 is 1.55 bits per heavy atom. The van der Waals surface area contributed by atoms with Crippen LogP contribution in [0.5, 0.6) is 0 Å². The fourth-order valence-electron chi connectivity index (χ4n) is 5.15. The first-order valence-electron chi connectivity index (χ1n) is 13.3. The zero-order chi connectivity index (χ0) is 21.9. The highest BCUT2D eigenvalue weighted by Gasteiger charge is 2.24. The van der Waals surface area contributed by atoms with Gasteiger partial charge < -0.3 is 15.5 Å². The second-order valence-electron chi connectivity index (χ2n) is 9.93. The van der Waals surface area contributed by atoms with Gasteiger partial charge >= 0.3 is 0 Å². The average molecular weight is 430 g/mol. The molecular formula is C26H47N5. The number of nitrogens with two attached hydrogens (primary N) is 1. The standard InChI is InChI=1S/C26H47N5/c1-3-4-5-6-7-8-13-18-30(2)21-23(27)25-28-24-17-12-11-16-22(24)26(29-25)31-19-14-9-10-15-20-31/h23H,3-21,27H2,1-2H3. The van der Waals surface area contributed by atoms with Crippen molar-refractivity contribution >= 4 is 5.82 Å². The monoisotopic (exact) mass is 429 g/mol. The second-order valence-corrected chi connectivity index (χ2v) is 9.93. The van der Waals surface area contributed by atoms with Gasteiger partial charge in [0.05, 0.1) is 6.04 Å². The molecule has 1 aliphatic heterocycles. The van der Waals surface area contributed by atoms with Crippen molar-refractivity contribution in [3.8, 4) is 0 Å². The van der Waals surface area contributed by atoms with Gasteiger partial charge in [-0.05, 0) is 58.5 Å². The summed E-state index contributed by atoms with van der Waals surface area (Å²) in [6.45, 7) is 6.51. The minimum absolute atomic E-state index is 0.104. The number of hydrogen-bond donors (Lipinski definition) is 1. The van der Waals surface area contributed by atoms with Crippen molar-refractivity contribution in [2.24, 2.45) is 5.73 Å². The number of unbranched alkanes of at least 4 members (excludes halogenated alkanes) is 6. The van der Waals surface area contributed by atoms with Gasteiger partial charge in [0, 0.05) is 30.9 Å². The van der Waals surface area contributed by atoms with E-state index in [0.717, 1.165) is 44.8 Å². The summed E-state index contributed by atoms with van der Waals surface area (Å²) in [7, 11) is 2.20. The summed E-state index contributed by atoms with van der Waals surface area (Å²) in [5.74, 6) is 2.08. The van der Waals surface area contributed by atoms with Crippen molar-refractivity contribution in [1.82, 2.24) is 14.9 Å². The summed E-state index contributed by atoms with van der Waals surface area (Å²) in [6, 6.07) is -0.104. The van der Waals surface area contributed by atoms with Crippen molar-refractivity contribution in [3.63, 3.8) is 0 Å². The topological polar surface area (TPSA) is 58.3 Å². The molecule has 2 N–H and O–H groups in total. The van der Waals surface area contributed by atoms with Crippen LogP contribution in [0.1, 0.15) is 114 Å². The summed E-state index contributed by atoms with van der Waals surface area (Å²) in [6.07, 6.45) is 19.4. The van der Waals surface area contributed by atoms with Gasteiger partial charge in [0.15, 0.2) is 0 Å². The van der Waals surface area contributed by atoms with E-state index < -0.39 is 0 Å². The summed E-state index contributed by atoms with van der Waals surface area (Å²) in [5, 5.41) is 0. The lowest BCUT2D eigenvalue weighted by Gasteiger charge is -2.29. The fraction of sp³-hybridized carbons (Fsp3) is 0.846. The number of aryl methyl sites for hydroxylation is 1. The molecule has 31 heavy (non-hydrogen) atoms. The molecule has 0 amide bonds. The summed E-state index contributed by atoms with van der Waals surface area (Å²) in [5.41, 5.74) is 9.35. The van der Waals surface area contributed by atoms with Crippen LogP contribution >= 0.6 is 0 Å². The van der Waals surface area contributed by atoms with Gasteiger partial charge in [-0.2, -0.15) is 0 Å². The maximum atomic E-state index is 6.66. The summed E-state index contributed by atoms with van der Waals surface area (Å²) >= 11 is 0. The molecule has 1 aromatic heterocycles. The van der Waals surface area contributed by atoms with E-state index in [2.05, 4.69) is 23.8 Å². The third-order valence-electron chi connectivity index (χ3n) is 7.07. The quantitative estimate of drug-likeness (QED) is 0.450. The zero-order valence-corrected chi connectivity index (χ0v) is 20.4. The molecule has 1 fully saturated rings. The Labute approximate surface area is 191 Å². The number of rotatable bonds is 12. The van der Waals surface area contributed by atoms with E-state index in [1.54, 1.807) is 0 Å². The Morgan fingerprint density at radius 3 is 2.29 bits per heavy atom. The molecule has 3 rings (SSSR count). The highest BCUT2D eigenvalue weighted by atomic mass is 15.2. The number of anilines is 1. The molecule has 1 saturated heterocycles. The van der Waals surface area contributed by atoms with E-state index in [4.69, 9.17) is 15.7 Å². The minimum atomic E-state index is -0.104. The molecule has 2 heterocycles. The highest BCUT2D eigenvalue weighted by Crippen LogP contribution is 2.30. The van der Waals surface area contributed by atoms with E-state index in [-0.39, 0.29) is 6.04 Å². The molecular weight excluding hydrogens is 382 g/mol. The predicted octanol–water partition coefficient (Wildman–Crippen LogP) is 5.42. The maximum Gasteiger partial charge on any atom is 0.149 e. The first-order chi connectivity index (χ1) is 15.2. The molecule has 1 aliphatic carbocycles.